The number of likely N-dealkylation sites (tertiary alicyclic amines) is 1. The maximum atomic E-state index is 12.3. The Morgan fingerprint density at radius 2 is 1.87 bits per heavy atom. The number of rotatable bonds is 5. The van der Waals surface area contributed by atoms with Gasteiger partial charge in [0.25, 0.3) is 0 Å². The van der Waals surface area contributed by atoms with Gasteiger partial charge < -0.3 is 0 Å². The molecule has 1 aliphatic rings. The quantitative estimate of drug-likeness (QED) is 0.892. The molecule has 124 valence electrons. The molecule has 6 nitrogen and oxygen atoms in total. The van der Waals surface area contributed by atoms with E-state index >= 15 is 0 Å². The molecule has 0 saturated carbocycles. The Kier molecular flexibility index (Phi) is 4.27. The maximum absolute atomic E-state index is 12.3. The summed E-state index contributed by atoms with van der Waals surface area (Å²) in [5, 5.41) is 4.33. The number of aromatic nitrogens is 2. The summed E-state index contributed by atoms with van der Waals surface area (Å²) < 4.78 is 29.2. The molecule has 1 aromatic heterocycles. The number of aryl methyl sites for hydroxylation is 3. The molecule has 23 heavy (non-hydrogen) atoms. The fourth-order valence-electron chi connectivity index (χ4n) is 2.82. The first-order chi connectivity index (χ1) is 10.8. The second-order valence-electron chi connectivity index (χ2n) is 6.24. The Labute approximate surface area is 137 Å². The van der Waals surface area contributed by atoms with Crippen molar-refractivity contribution >= 4 is 10.0 Å². The number of sulfonamides is 1. The van der Waals surface area contributed by atoms with E-state index in [9.17, 15) is 8.42 Å². The number of benzene rings is 1. The summed E-state index contributed by atoms with van der Waals surface area (Å²) in [6.07, 6.45) is 2.01. The average Bonchev–Trinajstić information content (AvgIpc) is 2.75. The topological polar surface area (TPSA) is 67.2 Å². The smallest absolute Gasteiger partial charge is 0.240 e. The van der Waals surface area contributed by atoms with Crippen molar-refractivity contribution in [3.63, 3.8) is 0 Å². The number of nitrogens with zero attached hydrogens (tertiary/aromatic N) is 3. The van der Waals surface area contributed by atoms with Crippen LogP contribution in [0.2, 0.25) is 0 Å². The van der Waals surface area contributed by atoms with E-state index in [0.29, 0.717) is 4.90 Å². The van der Waals surface area contributed by atoms with Crippen LogP contribution in [0.4, 0.5) is 0 Å². The van der Waals surface area contributed by atoms with Gasteiger partial charge >= 0.3 is 0 Å². The maximum Gasteiger partial charge on any atom is 0.240 e. The van der Waals surface area contributed by atoms with Crippen LogP contribution in [0.1, 0.15) is 16.8 Å². The predicted molar refractivity (Wildman–Crippen MR) is 88.5 cm³/mol. The van der Waals surface area contributed by atoms with Gasteiger partial charge in [-0.1, -0.05) is 17.7 Å². The lowest BCUT2D eigenvalue weighted by Crippen LogP contribution is -2.58. The van der Waals surface area contributed by atoms with Crippen LogP contribution in [-0.4, -0.2) is 42.2 Å². The molecule has 1 aliphatic heterocycles. The van der Waals surface area contributed by atoms with Crippen LogP contribution in [0.5, 0.6) is 0 Å². The summed E-state index contributed by atoms with van der Waals surface area (Å²) in [5.74, 6) is 0. The molecule has 1 aromatic carbocycles. The number of hydrogen-bond donors (Lipinski definition) is 1. The Hall–Kier alpha value is -1.70. The second-order valence-corrected chi connectivity index (χ2v) is 7.95. The molecule has 0 atom stereocenters. The fourth-order valence-corrected chi connectivity index (χ4v) is 4.04. The van der Waals surface area contributed by atoms with Gasteiger partial charge in [-0.25, -0.2) is 13.1 Å². The monoisotopic (exact) mass is 334 g/mol. The molecule has 0 amide bonds. The lowest BCUT2D eigenvalue weighted by molar-refractivity contribution is 0.132. The SMILES string of the molecule is Cc1ccc(S(=O)(=O)NC2CN(Cc3cn(C)nc3C)C2)cc1. The molecule has 0 radical (unpaired) electrons. The van der Waals surface area contributed by atoms with Crippen LogP contribution in [-0.2, 0) is 23.6 Å². The van der Waals surface area contributed by atoms with E-state index in [0.717, 1.165) is 30.9 Å². The van der Waals surface area contributed by atoms with E-state index in [1.165, 1.54) is 5.56 Å². The highest BCUT2D eigenvalue weighted by Gasteiger charge is 2.31. The Morgan fingerprint density at radius 3 is 2.43 bits per heavy atom. The normalized spacial score (nSPS) is 16.5. The van der Waals surface area contributed by atoms with Gasteiger partial charge in [0.2, 0.25) is 10.0 Å². The minimum Gasteiger partial charge on any atom is -0.296 e. The molecule has 2 aromatic rings. The summed E-state index contributed by atoms with van der Waals surface area (Å²) >= 11 is 0. The molecule has 1 fully saturated rings. The first-order valence-electron chi connectivity index (χ1n) is 7.64. The molecule has 0 unspecified atom stereocenters. The van der Waals surface area contributed by atoms with Crippen molar-refractivity contribution in [3.8, 4) is 0 Å². The highest BCUT2D eigenvalue weighted by Crippen LogP contribution is 2.18. The van der Waals surface area contributed by atoms with Crippen molar-refractivity contribution in [2.24, 2.45) is 7.05 Å². The Bertz CT molecular complexity index is 790. The molecule has 2 heterocycles. The van der Waals surface area contributed by atoms with E-state index in [2.05, 4.69) is 14.7 Å². The lowest BCUT2D eigenvalue weighted by atomic mass is 10.1. The molecule has 7 heteroatoms. The molecule has 1 saturated heterocycles. The van der Waals surface area contributed by atoms with E-state index in [4.69, 9.17) is 0 Å². The summed E-state index contributed by atoms with van der Waals surface area (Å²) in [4.78, 5) is 2.54. The van der Waals surface area contributed by atoms with Crippen LogP contribution >= 0.6 is 0 Å². The molecule has 0 spiro atoms. The summed E-state index contributed by atoms with van der Waals surface area (Å²) in [5.41, 5.74) is 3.26. The molecule has 1 N–H and O–H groups in total. The van der Waals surface area contributed by atoms with Crippen molar-refractivity contribution in [2.45, 2.75) is 31.3 Å². The largest absolute Gasteiger partial charge is 0.296 e. The van der Waals surface area contributed by atoms with Gasteiger partial charge in [-0.15, -0.1) is 0 Å². The van der Waals surface area contributed by atoms with Crippen molar-refractivity contribution in [3.05, 3.63) is 47.3 Å². The Balaban J connectivity index is 1.55. The Morgan fingerprint density at radius 1 is 1.22 bits per heavy atom. The molecule has 3 rings (SSSR count). The summed E-state index contributed by atoms with van der Waals surface area (Å²) in [7, 11) is -1.52. The van der Waals surface area contributed by atoms with Crippen LogP contribution in [0.15, 0.2) is 35.4 Å². The second kappa shape index (κ2) is 6.07. The zero-order valence-electron chi connectivity index (χ0n) is 13.7. The predicted octanol–water partition coefficient (Wildman–Crippen LogP) is 1.20. The zero-order valence-corrected chi connectivity index (χ0v) is 14.5. The molecule has 0 aliphatic carbocycles. The highest BCUT2D eigenvalue weighted by atomic mass is 32.2. The number of hydrogen-bond acceptors (Lipinski definition) is 4. The van der Waals surface area contributed by atoms with Crippen LogP contribution in [0.3, 0.4) is 0 Å². The minimum absolute atomic E-state index is 0.0294. The first-order valence-corrected chi connectivity index (χ1v) is 9.12. The summed E-state index contributed by atoms with van der Waals surface area (Å²) in [6, 6.07) is 6.89. The van der Waals surface area contributed by atoms with E-state index in [-0.39, 0.29) is 6.04 Å². The lowest BCUT2D eigenvalue weighted by Gasteiger charge is -2.39. The number of nitrogens with one attached hydrogen (secondary N) is 1. The van der Waals surface area contributed by atoms with Gasteiger partial charge in [0.1, 0.15) is 0 Å². The van der Waals surface area contributed by atoms with Gasteiger partial charge in [0, 0.05) is 44.5 Å². The highest BCUT2D eigenvalue weighted by molar-refractivity contribution is 7.89. The van der Waals surface area contributed by atoms with Crippen LogP contribution in [0, 0.1) is 13.8 Å². The minimum atomic E-state index is -3.43. The van der Waals surface area contributed by atoms with Crippen molar-refractivity contribution < 1.29 is 8.42 Å². The van der Waals surface area contributed by atoms with Crippen LogP contribution in [0.25, 0.3) is 0 Å². The fraction of sp³-hybridized carbons (Fsp3) is 0.438. The van der Waals surface area contributed by atoms with Gasteiger partial charge in [-0.3, -0.25) is 9.58 Å². The van der Waals surface area contributed by atoms with E-state index in [1.54, 1.807) is 12.1 Å². The summed E-state index contributed by atoms with van der Waals surface area (Å²) in [6.45, 7) is 6.18. The average molecular weight is 334 g/mol. The van der Waals surface area contributed by atoms with Gasteiger partial charge in [0.15, 0.2) is 0 Å². The van der Waals surface area contributed by atoms with Gasteiger partial charge in [0.05, 0.1) is 10.6 Å². The van der Waals surface area contributed by atoms with Crippen molar-refractivity contribution in [2.75, 3.05) is 13.1 Å². The van der Waals surface area contributed by atoms with Gasteiger partial charge in [-0.2, -0.15) is 5.10 Å². The molecule has 0 bridgehead atoms. The van der Waals surface area contributed by atoms with Crippen molar-refractivity contribution in [1.82, 2.24) is 19.4 Å². The van der Waals surface area contributed by atoms with Gasteiger partial charge in [-0.05, 0) is 26.0 Å². The molecular formula is C16H22N4O2S. The molecular weight excluding hydrogens is 312 g/mol. The third-order valence-corrected chi connectivity index (χ3v) is 5.66. The van der Waals surface area contributed by atoms with Crippen molar-refractivity contribution in [1.29, 1.82) is 0 Å². The first kappa shape index (κ1) is 16.2. The standard InChI is InChI=1S/C16H22N4O2S/c1-12-4-6-16(7-5-12)23(21,22)18-15-10-20(11-15)9-14-8-19(3)17-13(14)2/h4-8,15,18H,9-11H2,1-3H3. The van der Waals surface area contributed by atoms with E-state index in [1.807, 2.05) is 43.9 Å². The third kappa shape index (κ3) is 3.63. The van der Waals surface area contributed by atoms with E-state index < -0.39 is 10.0 Å². The zero-order chi connectivity index (χ0) is 16.6. The third-order valence-electron chi connectivity index (χ3n) is 4.12. The van der Waals surface area contributed by atoms with Crippen LogP contribution < -0.4 is 4.72 Å².